The predicted octanol–water partition coefficient (Wildman–Crippen LogP) is 3.13. The number of ether oxygens (including phenoxy) is 1. The molecule has 25 heavy (non-hydrogen) atoms. The van der Waals surface area contributed by atoms with Crippen LogP contribution >= 0.6 is 0 Å². The molecule has 0 aliphatic carbocycles. The molecule has 2 heterocycles. The second-order valence-corrected chi connectivity index (χ2v) is 7.50. The molecule has 2 atom stereocenters. The van der Waals surface area contributed by atoms with Gasteiger partial charge in [-0.3, -0.25) is 0 Å². The first-order valence-corrected chi connectivity index (χ1v) is 8.68. The van der Waals surface area contributed by atoms with Crippen molar-refractivity contribution in [2.24, 2.45) is 11.7 Å². The summed E-state index contributed by atoms with van der Waals surface area (Å²) in [5.41, 5.74) is 8.00. The van der Waals surface area contributed by atoms with E-state index in [0.29, 0.717) is 13.1 Å². The normalized spacial score (nSPS) is 19.0. The summed E-state index contributed by atoms with van der Waals surface area (Å²) in [6.07, 6.45) is 2.36. The molecule has 2 unspecified atom stereocenters. The van der Waals surface area contributed by atoms with Crippen molar-refractivity contribution in [2.45, 2.75) is 38.8 Å². The van der Waals surface area contributed by atoms with E-state index < -0.39 is 5.60 Å². The van der Waals surface area contributed by atoms with Gasteiger partial charge in [-0.25, -0.2) is 9.48 Å². The number of likely N-dealkylation sites (tertiary alicyclic amines) is 1. The van der Waals surface area contributed by atoms with Gasteiger partial charge in [0.05, 0.1) is 17.4 Å². The van der Waals surface area contributed by atoms with Gasteiger partial charge in [0.25, 0.3) is 0 Å². The molecule has 2 aromatic rings. The monoisotopic (exact) mass is 342 g/mol. The Bertz CT molecular complexity index is 721. The van der Waals surface area contributed by atoms with Crippen LogP contribution in [-0.2, 0) is 4.74 Å². The smallest absolute Gasteiger partial charge is 0.410 e. The minimum absolute atomic E-state index is 0.185. The van der Waals surface area contributed by atoms with Gasteiger partial charge >= 0.3 is 6.09 Å². The summed E-state index contributed by atoms with van der Waals surface area (Å²) in [5.74, 6) is 0.187. The van der Waals surface area contributed by atoms with E-state index in [1.165, 1.54) is 0 Å². The highest BCUT2D eigenvalue weighted by Gasteiger charge is 2.34. The molecule has 0 bridgehead atoms. The van der Waals surface area contributed by atoms with Crippen LogP contribution in [0, 0.1) is 5.92 Å². The van der Waals surface area contributed by atoms with Crippen molar-refractivity contribution in [1.82, 2.24) is 14.7 Å². The Morgan fingerprint density at radius 1 is 1.28 bits per heavy atom. The topological polar surface area (TPSA) is 73.4 Å². The molecule has 1 aliphatic rings. The summed E-state index contributed by atoms with van der Waals surface area (Å²) in [5, 5.41) is 4.41. The number of carbonyl (C=O) groups is 1. The fourth-order valence-corrected chi connectivity index (χ4v) is 3.17. The molecule has 1 aromatic heterocycles. The number of carbonyl (C=O) groups excluding carboxylic acids is 1. The third kappa shape index (κ3) is 4.02. The van der Waals surface area contributed by atoms with Crippen LogP contribution in [0.1, 0.15) is 38.9 Å². The number of para-hydroxylation sites is 1. The van der Waals surface area contributed by atoms with Crippen molar-refractivity contribution in [3.8, 4) is 5.69 Å². The maximum absolute atomic E-state index is 12.2. The molecule has 2 N–H and O–H groups in total. The minimum atomic E-state index is -0.483. The molecule has 1 saturated heterocycles. The zero-order chi connectivity index (χ0) is 18.0. The quantitative estimate of drug-likeness (QED) is 0.930. The summed E-state index contributed by atoms with van der Waals surface area (Å²) in [7, 11) is 0. The number of aromatic nitrogens is 2. The Hall–Kier alpha value is -2.34. The van der Waals surface area contributed by atoms with Gasteiger partial charge in [-0.2, -0.15) is 5.10 Å². The number of rotatable bonds is 3. The summed E-state index contributed by atoms with van der Waals surface area (Å²) < 4.78 is 7.34. The Balaban J connectivity index is 1.70. The first-order chi connectivity index (χ1) is 11.8. The average molecular weight is 342 g/mol. The lowest BCUT2D eigenvalue weighted by molar-refractivity contribution is 0.0286. The molecule has 6 heteroatoms. The fraction of sp³-hybridized carbons (Fsp3) is 0.474. The standard InChI is InChI=1S/C19H26N4O2/c1-19(2,3)25-18(24)22-12-10-14(13-22)17(20)16-9-11-21-23(16)15-7-5-4-6-8-15/h4-9,11,14,17H,10,12-13,20H2,1-3H3. The van der Waals surface area contributed by atoms with E-state index in [2.05, 4.69) is 5.10 Å². The van der Waals surface area contributed by atoms with Gasteiger partial charge in [0, 0.05) is 19.3 Å². The van der Waals surface area contributed by atoms with E-state index >= 15 is 0 Å². The van der Waals surface area contributed by atoms with Crippen molar-refractivity contribution in [2.75, 3.05) is 13.1 Å². The van der Waals surface area contributed by atoms with Crippen molar-refractivity contribution in [1.29, 1.82) is 0 Å². The Labute approximate surface area is 148 Å². The van der Waals surface area contributed by atoms with Crippen LogP contribution in [0.2, 0.25) is 0 Å². The van der Waals surface area contributed by atoms with Gasteiger partial charge in [-0.15, -0.1) is 0 Å². The lowest BCUT2D eigenvalue weighted by atomic mass is 9.97. The van der Waals surface area contributed by atoms with Crippen LogP contribution in [0.3, 0.4) is 0 Å². The molecule has 1 fully saturated rings. The highest BCUT2D eigenvalue weighted by atomic mass is 16.6. The van der Waals surface area contributed by atoms with Crippen LogP contribution in [0.5, 0.6) is 0 Å². The summed E-state index contributed by atoms with van der Waals surface area (Å²) in [6, 6.07) is 11.7. The molecular weight excluding hydrogens is 316 g/mol. The highest BCUT2D eigenvalue weighted by molar-refractivity contribution is 5.68. The number of hydrogen-bond donors (Lipinski definition) is 1. The number of amides is 1. The van der Waals surface area contributed by atoms with E-state index in [0.717, 1.165) is 17.8 Å². The van der Waals surface area contributed by atoms with E-state index in [-0.39, 0.29) is 18.1 Å². The molecule has 1 aromatic carbocycles. The number of hydrogen-bond acceptors (Lipinski definition) is 4. The van der Waals surface area contributed by atoms with Gasteiger partial charge in [0.2, 0.25) is 0 Å². The third-order valence-electron chi connectivity index (χ3n) is 4.40. The van der Waals surface area contributed by atoms with Gasteiger partial charge in [0.15, 0.2) is 0 Å². The van der Waals surface area contributed by atoms with E-state index in [4.69, 9.17) is 10.5 Å². The summed E-state index contributed by atoms with van der Waals surface area (Å²) in [4.78, 5) is 14.0. The van der Waals surface area contributed by atoms with Crippen molar-refractivity contribution >= 4 is 6.09 Å². The zero-order valence-electron chi connectivity index (χ0n) is 15.1. The molecule has 1 amide bonds. The van der Waals surface area contributed by atoms with Crippen LogP contribution < -0.4 is 5.73 Å². The summed E-state index contributed by atoms with van der Waals surface area (Å²) in [6.45, 7) is 6.91. The van der Waals surface area contributed by atoms with Crippen LogP contribution in [0.15, 0.2) is 42.6 Å². The molecule has 0 radical (unpaired) electrons. The lowest BCUT2D eigenvalue weighted by Gasteiger charge is -2.25. The molecule has 3 rings (SSSR count). The first-order valence-electron chi connectivity index (χ1n) is 8.68. The van der Waals surface area contributed by atoms with Crippen LogP contribution in [-0.4, -0.2) is 39.5 Å². The Morgan fingerprint density at radius 3 is 2.68 bits per heavy atom. The Kier molecular flexibility index (Phi) is 4.81. The van der Waals surface area contributed by atoms with Crippen molar-refractivity contribution in [3.63, 3.8) is 0 Å². The number of nitrogens with two attached hydrogens (primary N) is 1. The third-order valence-corrected chi connectivity index (χ3v) is 4.40. The van der Waals surface area contributed by atoms with E-state index in [1.54, 1.807) is 11.1 Å². The molecule has 134 valence electrons. The zero-order valence-corrected chi connectivity index (χ0v) is 15.1. The van der Waals surface area contributed by atoms with Gasteiger partial charge in [-0.05, 0) is 51.3 Å². The molecule has 0 spiro atoms. The van der Waals surface area contributed by atoms with E-state index in [1.807, 2.05) is 61.9 Å². The number of nitrogens with zero attached hydrogens (tertiary/aromatic N) is 3. The lowest BCUT2D eigenvalue weighted by Crippen LogP contribution is -2.36. The van der Waals surface area contributed by atoms with E-state index in [9.17, 15) is 4.79 Å². The molecular formula is C19H26N4O2. The fourth-order valence-electron chi connectivity index (χ4n) is 3.17. The second kappa shape index (κ2) is 6.88. The maximum Gasteiger partial charge on any atom is 0.410 e. The maximum atomic E-state index is 12.2. The average Bonchev–Trinajstić information content (AvgIpc) is 3.23. The van der Waals surface area contributed by atoms with Gasteiger partial charge < -0.3 is 15.4 Å². The van der Waals surface area contributed by atoms with Gasteiger partial charge in [0.1, 0.15) is 5.60 Å². The molecule has 0 saturated carbocycles. The molecule has 1 aliphatic heterocycles. The first kappa shape index (κ1) is 17.5. The SMILES string of the molecule is CC(C)(C)OC(=O)N1CCC(C(N)c2ccnn2-c2ccccc2)C1. The molecule has 6 nitrogen and oxygen atoms in total. The Morgan fingerprint density at radius 2 is 2.00 bits per heavy atom. The van der Waals surface area contributed by atoms with Crippen molar-refractivity contribution in [3.05, 3.63) is 48.3 Å². The van der Waals surface area contributed by atoms with Crippen LogP contribution in [0.25, 0.3) is 5.69 Å². The van der Waals surface area contributed by atoms with Crippen LogP contribution in [0.4, 0.5) is 4.79 Å². The summed E-state index contributed by atoms with van der Waals surface area (Å²) >= 11 is 0. The number of benzene rings is 1. The second-order valence-electron chi connectivity index (χ2n) is 7.50. The van der Waals surface area contributed by atoms with Crippen molar-refractivity contribution < 1.29 is 9.53 Å². The largest absolute Gasteiger partial charge is 0.444 e. The predicted molar refractivity (Wildman–Crippen MR) is 96.4 cm³/mol. The minimum Gasteiger partial charge on any atom is -0.444 e. The highest BCUT2D eigenvalue weighted by Crippen LogP contribution is 2.30. The van der Waals surface area contributed by atoms with Gasteiger partial charge in [-0.1, -0.05) is 18.2 Å².